The molecule has 0 aliphatic carbocycles. The number of nitrogens with zero attached hydrogens (tertiary/aromatic N) is 3. The van der Waals surface area contributed by atoms with Gasteiger partial charge >= 0.3 is 0 Å². The number of nitrogens with one attached hydrogen (secondary N) is 2. The second-order valence-electron chi connectivity index (χ2n) is 6.61. The smallest absolute Gasteiger partial charge is 0.178 e. The number of hydrogen-bond acceptors (Lipinski definition) is 3. The number of hydrogen-bond donors (Lipinski definition) is 2. The molecule has 5 rings (SSSR count). The second kappa shape index (κ2) is 6.17. The van der Waals surface area contributed by atoms with Crippen LogP contribution in [0.15, 0.2) is 36.5 Å². The highest BCUT2D eigenvalue weighted by molar-refractivity contribution is 5.94. The van der Waals surface area contributed by atoms with E-state index in [1.807, 2.05) is 19.2 Å². The predicted octanol–water partition coefficient (Wildman–Crippen LogP) is 4.04. The van der Waals surface area contributed by atoms with Crippen molar-refractivity contribution in [1.82, 2.24) is 24.8 Å². The number of aryl methyl sites for hydroxylation is 1. The number of likely N-dealkylation sites (tertiary alicyclic amines) is 1. The lowest BCUT2D eigenvalue weighted by atomic mass is 10.1. The molecular formula is C19H20ClN5. The highest BCUT2D eigenvalue weighted by Gasteiger charge is 2.15. The van der Waals surface area contributed by atoms with Crippen LogP contribution in [0.5, 0.6) is 0 Å². The quantitative estimate of drug-likeness (QED) is 0.584. The number of imidazole rings is 1. The lowest BCUT2D eigenvalue weighted by molar-refractivity contribution is 0.172. The molecule has 0 unspecified atom stereocenters. The van der Waals surface area contributed by atoms with Crippen molar-refractivity contribution in [2.75, 3.05) is 13.1 Å². The van der Waals surface area contributed by atoms with Gasteiger partial charge in [0.15, 0.2) is 5.65 Å². The molecule has 1 fully saturated rings. The molecule has 0 radical (unpaired) electrons. The van der Waals surface area contributed by atoms with Crippen LogP contribution < -0.4 is 0 Å². The molecule has 0 amide bonds. The summed E-state index contributed by atoms with van der Waals surface area (Å²) in [5.41, 5.74) is 6.52. The minimum atomic E-state index is 0. The molecular weight excluding hydrogens is 334 g/mol. The zero-order chi connectivity index (χ0) is 16.1. The Morgan fingerprint density at radius 1 is 1.12 bits per heavy atom. The molecule has 6 heteroatoms. The fourth-order valence-corrected chi connectivity index (χ4v) is 3.47. The lowest BCUT2D eigenvalue weighted by Crippen LogP contribution is -2.36. The summed E-state index contributed by atoms with van der Waals surface area (Å²) >= 11 is 0. The summed E-state index contributed by atoms with van der Waals surface area (Å²) in [5.74, 6) is 0.887. The van der Waals surface area contributed by atoms with Gasteiger partial charge in [0.05, 0.1) is 5.52 Å². The normalized spacial score (nSPS) is 14.6. The molecule has 1 aromatic carbocycles. The van der Waals surface area contributed by atoms with E-state index >= 15 is 0 Å². The van der Waals surface area contributed by atoms with Crippen LogP contribution in [0.4, 0.5) is 0 Å². The van der Waals surface area contributed by atoms with Gasteiger partial charge in [-0.2, -0.15) is 0 Å². The maximum Gasteiger partial charge on any atom is 0.178 e. The zero-order valence-corrected chi connectivity index (χ0v) is 14.9. The third kappa shape index (κ3) is 2.79. The molecule has 25 heavy (non-hydrogen) atoms. The van der Waals surface area contributed by atoms with Crippen molar-refractivity contribution < 1.29 is 0 Å². The fraction of sp³-hybridized carbons (Fsp3) is 0.263. The zero-order valence-electron chi connectivity index (χ0n) is 14.0. The van der Waals surface area contributed by atoms with Crippen LogP contribution in [0, 0.1) is 6.92 Å². The number of aromatic nitrogens is 4. The van der Waals surface area contributed by atoms with Gasteiger partial charge in [-0.25, -0.2) is 9.97 Å². The highest BCUT2D eigenvalue weighted by Crippen LogP contribution is 2.29. The Bertz CT molecular complexity index is 1040. The minimum absolute atomic E-state index is 0. The minimum Gasteiger partial charge on any atom is -0.354 e. The number of H-pyrrole nitrogens is 2. The first kappa shape index (κ1) is 16.1. The van der Waals surface area contributed by atoms with Gasteiger partial charge in [-0.05, 0) is 50.2 Å². The van der Waals surface area contributed by atoms with Crippen molar-refractivity contribution in [3.05, 3.63) is 47.9 Å². The van der Waals surface area contributed by atoms with Gasteiger partial charge in [0.2, 0.25) is 0 Å². The molecule has 4 aromatic rings. The number of rotatable bonds is 3. The molecule has 1 aliphatic heterocycles. The molecule has 1 saturated heterocycles. The molecule has 128 valence electrons. The van der Waals surface area contributed by atoms with Crippen molar-refractivity contribution in [2.24, 2.45) is 0 Å². The van der Waals surface area contributed by atoms with E-state index < -0.39 is 0 Å². The first-order chi connectivity index (χ1) is 11.8. The number of halogens is 1. The largest absolute Gasteiger partial charge is 0.354 e. The number of benzene rings is 1. The lowest BCUT2D eigenvalue weighted by Gasteiger charge is -2.30. The van der Waals surface area contributed by atoms with Gasteiger partial charge in [0.1, 0.15) is 5.82 Å². The first-order valence-electron chi connectivity index (χ1n) is 8.42. The van der Waals surface area contributed by atoms with E-state index in [2.05, 4.69) is 49.1 Å². The topological polar surface area (TPSA) is 60.6 Å². The van der Waals surface area contributed by atoms with E-state index in [1.54, 1.807) is 0 Å². The second-order valence-corrected chi connectivity index (χ2v) is 6.61. The van der Waals surface area contributed by atoms with Crippen LogP contribution >= 0.6 is 12.4 Å². The standard InChI is InChI=1S/C19H19N5.ClH/c1-12-21-18-15(5-6-20-19(18)22-12)17-10-14-4-3-13(9-16(14)23-17)11-24-7-2-8-24;/h3-6,9-10,23H,2,7-8,11H2,1H3,(H,20,21,22);1H. The maximum atomic E-state index is 4.43. The van der Waals surface area contributed by atoms with Crippen molar-refractivity contribution in [3.63, 3.8) is 0 Å². The summed E-state index contributed by atoms with van der Waals surface area (Å²) in [6.45, 7) is 5.45. The van der Waals surface area contributed by atoms with E-state index in [0.29, 0.717) is 0 Å². The number of pyridine rings is 1. The van der Waals surface area contributed by atoms with E-state index in [0.717, 1.165) is 34.8 Å². The van der Waals surface area contributed by atoms with Crippen LogP contribution in [-0.2, 0) is 6.54 Å². The van der Waals surface area contributed by atoms with Crippen LogP contribution in [0.2, 0.25) is 0 Å². The highest BCUT2D eigenvalue weighted by atomic mass is 35.5. The average molecular weight is 354 g/mol. The molecule has 5 nitrogen and oxygen atoms in total. The van der Waals surface area contributed by atoms with Gasteiger partial charge in [-0.3, -0.25) is 4.90 Å². The average Bonchev–Trinajstić information content (AvgIpc) is 3.12. The fourth-order valence-electron chi connectivity index (χ4n) is 3.47. The Labute approximate surface area is 151 Å². The van der Waals surface area contributed by atoms with Crippen molar-refractivity contribution in [3.8, 4) is 11.3 Å². The Morgan fingerprint density at radius 3 is 2.80 bits per heavy atom. The molecule has 0 atom stereocenters. The Kier molecular flexibility index (Phi) is 3.98. The van der Waals surface area contributed by atoms with Crippen molar-refractivity contribution in [1.29, 1.82) is 0 Å². The summed E-state index contributed by atoms with van der Waals surface area (Å²) in [6, 6.07) is 11.0. The molecule has 4 heterocycles. The Hall–Kier alpha value is -2.37. The third-order valence-electron chi connectivity index (χ3n) is 4.84. The molecule has 0 bridgehead atoms. The van der Waals surface area contributed by atoms with E-state index in [1.165, 1.54) is 36.0 Å². The van der Waals surface area contributed by atoms with Crippen LogP contribution in [0.25, 0.3) is 33.3 Å². The third-order valence-corrected chi connectivity index (χ3v) is 4.84. The number of fused-ring (bicyclic) bond motifs is 2. The van der Waals surface area contributed by atoms with E-state index in [4.69, 9.17) is 0 Å². The molecule has 0 spiro atoms. The SMILES string of the molecule is Cc1nc2nccc(-c3cc4ccc(CN5CCC5)cc4[nH]3)c2[nH]1.Cl. The summed E-state index contributed by atoms with van der Waals surface area (Å²) in [4.78, 5) is 18.1. The molecule has 2 N–H and O–H groups in total. The summed E-state index contributed by atoms with van der Waals surface area (Å²) in [7, 11) is 0. The Morgan fingerprint density at radius 2 is 2.00 bits per heavy atom. The monoisotopic (exact) mass is 353 g/mol. The number of aromatic amines is 2. The van der Waals surface area contributed by atoms with Crippen molar-refractivity contribution in [2.45, 2.75) is 19.9 Å². The van der Waals surface area contributed by atoms with Gasteiger partial charge in [-0.15, -0.1) is 12.4 Å². The van der Waals surface area contributed by atoms with Crippen molar-refractivity contribution >= 4 is 34.5 Å². The van der Waals surface area contributed by atoms with E-state index in [9.17, 15) is 0 Å². The molecule has 1 aliphatic rings. The molecule has 3 aromatic heterocycles. The van der Waals surface area contributed by atoms with Gasteiger partial charge in [0, 0.05) is 34.9 Å². The summed E-state index contributed by atoms with van der Waals surface area (Å²) < 4.78 is 0. The van der Waals surface area contributed by atoms with Gasteiger partial charge in [0.25, 0.3) is 0 Å². The summed E-state index contributed by atoms with van der Waals surface area (Å²) in [5, 5.41) is 1.23. The Balaban J connectivity index is 0.00000157. The molecule has 0 saturated carbocycles. The van der Waals surface area contributed by atoms with Crippen LogP contribution in [-0.4, -0.2) is 37.9 Å². The van der Waals surface area contributed by atoms with E-state index in [-0.39, 0.29) is 12.4 Å². The maximum absolute atomic E-state index is 4.43. The van der Waals surface area contributed by atoms with Crippen LogP contribution in [0.3, 0.4) is 0 Å². The van der Waals surface area contributed by atoms with Crippen LogP contribution in [0.1, 0.15) is 17.8 Å². The first-order valence-corrected chi connectivity index (χ1v) is 8.42. The summed E-state index contributed by atoms with van der Waals surface area (Å²) in [6.07, 6.45) is 3.15. The predicted molar refractivity (Wildman–Crippen MR) is 103 cm³/mol. The van der Waals surface area contributed by atoms with Gasteiger partial charge < -0.3 is 9.97 Å². The van der Waals surface area contributed by atoms with Gasteiger partial charge in [-0.1, -0.05) is 12.1 Å².